The molecule has 3 nitrogen and oxygen atoms in total. The first kappa shape index (κ1) is 13.6. The van der Waals surface area contributed by atoms with Crippen molar-refractivity contribution < 1.29 is 4.74 Å². The maximum Gasteiger partial charge on any atom is 0.119 e. The van der Waals surface area contributed by atoms with Crippen LogP contribution in [0.4, 0.5) is 0 Å². The van der Waals surface area contributed by atoms with E-state index in [1.807, 2.05) is 24.3 Å². The number of nitrogens with two attached hydrogens (primary N) is 1. The fraction of sp³-hybridized carbons (Fsp3) is 0.312. The molecule has 0 aliphatic rings. The minimum absolute atomic E-state index is 0.436. The van der Waals surface area contributed by atoms with Gasteiger partial charge in [-0.3, -0.25) is 4.98 Å². The molecule has 0 saturated heterocycles. The third kappa shape index (κ3) is 3.55. The van der Waals surface area contributed by atoms with Crippen molar-refractivity contribution in [2.24, 2.45) is 5.73 Å². The highest BCUT2D eigenvalue weighted by atomic mass is 16.5. The summed E-state index contributed by atoms with van der Waals surface area (Å²) in [6, 6.07) is 12.1. The highest BCUT2D eigenvalue weighted by Crippen LogP contribution is 2.19. The van der Waals surface area contributed by atoms with E-state index < -0.39 is 0 Å². The number of hydrogen-bond acceptors (Lipinski definition) is 3. The average molecular weight is 256 g/mol. The van der Waals surface area contributed by atoms with Gasteiger partial charge in [0.15, 0.2) is 0 Å². The zero-order valence-corrected chi connectivity index (χ0v) is 11.5. The van der Waals surface area contributed by atoms with Crippen molar-refractivity contribution in [2.75, 3.05) is 0 Å². The van der Waals surface area contributed by atoms with Crippen molar-refractivity contribution in [3.05, 3.63) is 59.4 Å². The van der Waals surface area contributed by atoms with Gasteiger partial charge in [0, 0.05) is 18.3 Å². The molecule has 2 aromatic rings. The first-order valence-electron chi connectivity index (χ1n) is 6.56. The van der Waals surface area contributed by atoms with Gasteiger partial charge in [-0.05, 0) is 29.7 Å². The van der Waals surface area contributed by atoms with Crippen molar-refractivity contribution in [3.8, 4) is 5.75 Å². The molecule has 0 unspecified atom stereocenters. The summed E-state index contributed by atoms with van der Waals surface area (Å²) in [5.41, 5.74) is 8.90. The largest absolute Gasteiger partial charge is 0.489 e. The molecule has 0 aliphatic carbocycles. The predicted octanol–water partition coefficient (Wildman–Crippen LogP) is 3.24. The Bertz CT molecular complexity index is 521. The van der Waals surface area contributed by atoms with E-state index in [9.17, 15) is 0 Å². The van der Waals surface area contributed by atoms with Gasteiger partial charge >= 0.3 is 0 Å². The van der Waals surface area contributed by atoms with E-state index in [2.05, 4.69) is 31.0 Å². The van der Waals surface area contributed by atoms with E-state index in [1.165, 1.54) is 5.56 Å². The van der Waals surface area contributed by atoms with Gasteiger partial charge in [0.25, 0.3) is 0 Å². The molecule has 0 saturated carbocycles. The smallest absolute Gasteiger partial charge is 0.119 e. The van der Waals surface area contributed by atoms with Gasteiger partial charge in [-0.25, -0.2) is 0 Å². The van der Waals surface area contributed by atoms with Crippen molar-refractivity contribution in [1.82, 2.24) is 4.98 Å². The molecule has 0 bridgehead atoms. The third-order valence-corrected chi connectivity index (χ3v) is 3.12. The topological polar surface area (TPSA) is 48.1 Å². The highest BCUT2D eigenvalue weighted by Gasteiger charge is 2.03. The number of benzene rings is 1. The maximum absolute atomic E-state index is 5.77. The lowest BCUT2D eigenvalue weighted by molar-refractivity contribution is 0.304. The Kier molecular flexibility index (Phi) is 4.53. The van der Waals surface area contributed by atoms with E-state index in [0.717, 1.165) is 17.0 Å². The second-order valence-corrected chi connectivity index (χ2v) is 4.83. The zero-order valence-electron chi connectivity index (χ0n) is 11.5. The monoisotopic (exact) mass is 256 g/mol. The van der Waals surface area contributed by atoms with E-state index in [-0.39, 0.29) is 0 Å². The normalized spacial score (nSPS) is 10.7. The summed E-state index contributed by atoms with van der Waals surface area (Å²) < 4.78 is 5.77. The third-order valence-electron chi connectivity index (χ3n) is 3.12. The molecule has 3 heteroatoms. The lowest BCUT2D eigenvalue weighted by atomic mass is 10.0. The second kappa shape index (κ2) is 6.34. The van der Waals surface area contributed by atoms with Crippen LogP contribution in [0.15, 0.2) is 42.6 Å². The minimum atomic E-state index is 0.436. The first-order chi connectivity index (χ1) is 9.20. The van der Waals surface area contributed by atoms with Gasteiger partial charge in [0.2, 0.25) is 0 Å². The lowest BCUT2D eigenvalue weighted by Crippen LogP contribution is -2.06. The molecule has 0 amide bonds. The van der Waals surface area contributed by atoms with Crippen LogP contribution in [0.25, 0.3) is 0 Å². The van der Waals surface area contributed by atoms with Crippen LogP contribution in [-0.2, 0) is 13.2 Å². The van der Waals surface area contributed by atoms with Crippen molar-refractivity contribution in [3.63, 3.8) is 0 Å². The molecule has 0 aliphatic heterocycles. The molecule has 19 heavy (non-hydrogen) atoms. The molecular weight excluding hydrogens is 236 g/mol. The quantitative estimate of drug-likeness (QED) is 0.893. The van der Waals surface area contributed by atoms with Crippen LogP contribution in [0.1, 0.15) is 36.6 Å². The van der Waals surface area contributed by atoms with Crippen LogP contribution in [0.3, 0.4) is 0 Å². The second-order valence-electron chi connectivity index (χ2n) is 4.83. The Morgan fingerprint density at radius 1 is 1.16 bits per heavy atom. The molecule has 0 spiro atoms. The molecule has 100 valence electrons. The van der Waals surface area contributed by atoms with Gasteiger partial charge in [-0.2, -0.15) is 0 Å². The van der Waals surface area contributed by atoms with Crippen LogP contribution < -0.4 is 10.5 Å². The molecule has 2 N–H and O–H groups in total. The number of pyridine rings is 1. The molecule has 1 aromatic heterocycles. The Hall–Kier alpha value is -1.87. The predicted molar refractivity (Wildman–Crippen MR) is 77.0 cm³/mol. The summed E-state index contributed by atoms with van der Waals surface area (Å²) in [4.78, 5) is 4.24. The van der Waals surface area contributed by atoms with Crippen molar-refractivity contribution in [2.45, 2.75) is 32.9 Å². The number of rotatable bonds is 5. The SMILES string of the molecule is CC(C)c1ccc(OCc2cccnc2CN)cc1. The molecule has 1 aromatic carbocycles. The average Bonchev–Trinajstić information content (AvgIpc) is 2.45. The van der Waals surface area contributed by atoms with Crippen LogP contribution in [0, 0.1) is 0 Å². The summed E-state index contributed by atoms with van der Waals surface area (Å²) >= 11 is 0. The highest BCUT2D eigenvalue weighted by molar-refractivity contribution is 5.29. The van der Waals surface area contributed by atoms with Gasteiger partial charge in [0.1, 0.15) is 12.4 Å². The minimum Gasteiger partial charge on any atom is -0.489 e. The zero-order chi connectivity index (χ0) is 13.7. The molecule has 1 heterocycles. The van der Waals surface area contributed by atoms with Crippen LogP contribution in [0.2, 0.25) is 0 Å². The Balaban J connectivity index is 2.02. The van der Waals surface area contributed by atoms with E-state index in [0.29, 0.717) is 19.1 Å². The molecule has 0 fully saturated rings. The van der Waals surface area contributed by atoms with Crippen molar-refractivity contribution in [1.29, 1.82) is 0 Å². The Labute approximate surface area is 114 Å². The first-order valence-corrected chi connectivity index (χ1v) is 6.56. The summed E-state index contributed by atoms with van der Waals surface area (Å²) in [5, 5.41) is 0. The van der Waals surface area contributed by atoms with E-state index in [4.69, 9.17) is 10.5 Å². The van der Waals surface area contributed by atoms with E-state index in [1.54, 1.807) is 6.20 Å². The van der Waals surface area contributed by atoms with Crippen LogP contribution in [-0.4, -0.2) is 4.98 Å². The van der Waals surface area contributed by atoms with Crippen LogP contribution in [0.5, 0.6) is 5.75 Å². The van der Waals surface area contributed by atoms with E-state index >= 15 is 0 Å². The summed E-state index contributed by atoms with van der Waals surface area (Å²) in [6.45, 7) is 5.30. The maximum atomic E-state index is 5.77. The fourth-order valence-corrected chi connectivity index (χ4v) is 1.90. The summed E-state index contributed by atoms with van der Waals surface area (Å²) in [7, 11) is 0. The summed E-state index contributed by atoms with van der Waals surface area (Å²) in [5.74, 6) is 1.41. The van der Waals surface area contributed by atoms with Crippen LogP contribution >= 0.6 is 0 Å². The van der Waals surface area contributed by atoms with Gasteiger partial charge in [0.05, 0.1) is 5.69 Å². The number of nitrogens with zero attached hydrogens (tertiary/aromatic N) is 1. The lowest BCUT2D eigenvalue weighted by Gasteiger charge is -2.10. The molecule has 0 atom stereocenters. The number of hydrogen-bond donors (Lipinski definition) is 1. The summed E-state index contributed by atoms with van der Waals surface area (Å²) in [6.07, 6.45) is 1.75. The Morgan fingerprint density at radius 2 is 1.89 bits per heavy atom. The van der Waals surface area contributed by atoms with Gasteiger partial charge in [-0.15, -0.1) is 0 Å². The molecular formula is C16H20N2O. The molecule has 0 radical (unpaired) electrons. The number of aromatic nitrogens is 1. The van der Waals surface area contributed by atoms with Gasteiger partial charge < -0.3 is 10.5 Å². The Morgan fingerprint density at radius 3 is 2.53 bits per heavy atom. The standard InChI is InChI=1S/C16H20N2O/c1-12(2)13-5-7-15(8-6-13)19-11-14-4-3-9-18-16(14)10-17/h3-9,12H,10-11,17H2,1-2H3. The molecule has 2 rings (SSSR count). The van der Waals surface area contributed by atoms with Gasteiger partial charge in [-0.1, -0.05) is 32.0 Å². The van der Waals surface area contributed by atoms with Crippen molar-refractivity contribution >= 4 is 0 Å². The fourth-order valence-electron chi connectivity index (χ4n) is 1.90. The number of ether oxygens (including phenoxy) is 1.